The SMILES string of the molecule is Cc1cc2c3c(c1)P(=O)(c1ccccc1)c1cccc4c1N3c1c(cc(C)cc1P4(=O)c1ccccc1)[Si]2(c1ccccc1)c1ccccc1. The predicted octanol–water partition coefficient (Wildman–Crippen LogP) is 5.37. The van der Waals surface area contributed by atoms with Crippen LogP contribution in [0.15, 0.2) is 164 Å². The van der Waals surface area contributed by atoms with Crippen molar-refractivity contribution >= 4 is 92.0 Å². The molecule has 0 saturated carbocycles. The topological polar surface area (TPSA) is 37.4 Å². The second-order valence-electron chi connectivity index (χ2n) is 13.7. The molecular formula is C44H33NO2P2Si. The van der Waals surface area contributed by atoms with E-state index < -0.39 is 22.4 Å². The molecule has 3 heterocycles. The van der Waals surface area contributed by atoms with E-state index in [2.05, 4.69) is 104 Å². The second-order valence-corrected chi connectivity index (χ2v) is 22.8. The van der Waals surface area contributed by atoms with Gasteiger partial charge in [-0.1, -0.05) is 151 Å². The lowest BCUT2D eigenvalue weighted by molar-refractivity contribution is 0.592. The molecule has 2 unspecified atom stereocenters. The first-order chi connectivity index (χ1) is 24.4. The molecule has 0 bridgehead atoms. The normalized spacial score (nSPS) is 20.2. The lowest BCUT2D eigenvalue weighted by Crippen LogP contribution is -2.79. The number of nitrogens with zero attached hydrogens (tertiary/aromatic N) is 1. The van der Waals surface area contributed by atoms with E-state index in [1.54, 1.807) is 0 Å². The molecule has 0 aromatic heterocycles. The Balaban J connectivity index is 1.50. The third-order valence-corrected chi connectivity index (χ3v) is 21.9. The quantitative estimate of drug-likeness (QED) is 0.184. The van der Waals surface area contributed by atoms with Crippen LogP contribution in [0, 0.1) is 13.8 Å². The Labute approximate surface area is 293 Å². The molecule has 0 amide bonds. The first-order valence-corrected chi connectivity index (χ1v) is 22.5. The van der Waals surface area contributed by atoms with Crippen LogP contribution >= 0.6 is 14.3 Å². The lowest BCUT2D eigenvalue weighted by Gasteiger charge is -2.52. The highest BCUT2D eigenvalue weighted by molar-refractivity contribution is 7.88. The molecule has 3 nitrogen and oxygen atoms in total. The molecule has 3 aliphatic heterocycles. The third kappa shape index (κ3) is 3.61. The Bertz CT molecular complexity index is 2450. The number of benzene rings is 7. The number of hydrogen-bond acceptors (Lipinski definition) is 3. The molecule has 240 valence electrons. The summed E-state index contributed by atoms with van der Waals surface area (Å²) >= 11 is 0. The van der Waals surface area contributed by atoms with Gasteiger partial charge in [0.05, 0.1) is 17.1 Å². The van der Waals surface area contributed by atoms with Gasteiger partial charge in [-0.3, -0.25) is 0 Å². The molecule has 0 aliphatic carbocycles. The fourth-order valence-electron chi connectivity index (χ4n) is 9.04. The standard InChI is InChI=1S/C44H33NO2P2Si/c1-30-26-38-43-40(28-30)50(34-20-11-5-12-21-34,35-22-13-6-14-23-35)41-29-31(2)27-39-44(41)45(43)42-36(48(38,46)32-16-7-3-8-17-32)24-15-25-37(42)49(39,47)33-18-9-4-10-19-33/h3-29H,1-2H3. The minimum Gasteiger partial charge on any atom is -0.308 e. The van der Waals surface area contributed by atoms with Gasteiger partial charge in [-0.25, -0.2) is 0 Å². The minimum absolute atomic E-state index is 0.757. The van der Waals surface area contributed by atoms with Crippen LogP contribution in [0.5, 0.6) is 0 Å². The van der Waals surface area contributed by atoms with Crippen LogP contribution < -0.4 is 57.5 Å². The van der Waals surface area contributed by atoms with Gasteiger partial charge in [-0.15, -0.1) is 0 Å². The maximum absolute atomic E-state index is 16.5. The van der Waals surface area contributed by atoms with Crippen LogP contribution in [0.2, 0.25) is 0 Å². The maximum atomic E-state index is 16.5. The van der Waals surface area contributed by atoms with Gasteiger partial charge in [-0.2, -0.15) is 0 Å². The van der Waals surface area contributed by atoms with Crippen molar-refractivity contribution in [2.75, 3.05) is 4.90 Å². The highest BCUT2D eigenvalue weighted by Gasteiger charge is 2.58. The summed E-state index contributed by atoms with van der Waals surface area (Å²) in [5.41, 5.74) is 4.99. The molecule has 7 aromatic carbocycles. The number of hydrogen-bond donors (Lipinski definition) is 0. The Morgan fingerprint density at radius 1 is 0.420 bits per heavy atom. The third-order valence-electron chi connectivity index (χ3n) is 11.0. The number of anilines is 3. The predicted molar refractivity (Wildman–Crippen MR) is 214 cm³/mol. The first kappa shape index (κ1) is 29.9. The highest BCUT2D eigenvalue weighted by Crippen LogP contribution is 2.61. The summed E-state index contributed by atoms with van der Waals surface area (Å²) in [6.45, 7) is 4.29. The monoisotopic (exact) mass is 697 g/mol. The Morgan fingerprint density at radius 3 is 1.20 bits per heavy atom. The van der Waals surface area contributed by atoms with Crippen molar-refractivity contribution in [2.24, 2.45) is 0 Å². The maximum Gasteiger partial charge on any atom is 0.184 e. The molecule has 3 aliphatic rings. The molecule has 2 atom stereocenters. The largest absolute Gasteiger partial charge is 0.308 e. The Kier molecular flexibility index (Phi) is 6.29. The van der Waals surface area contributed by atoms with Gasteiger partial charge in [0.25, 0.3) is 0 Å². The van der Waals surface area contributed by atoms with Crippen molar-refractivity contribution in [3.05, 3.63) is 175 Å². The number of para-hydroxylation sites is 1. The van der Waals surface area contributed by atoms with E-state index >= 15 is 9.13 Å². The Hall–Kier alpha value is -4.98. The summed E-state index contributed by atoms with van der Waals surface area (Å²) < 4.78 is 33.1. The molecule has 0 saturated heterocycles. The van der Waals surface area contributed by atoms with E-state index in [0.717, 1.165) is 60.0 Å². The molecule has 0 spiro atoms. The number of aryl methyl sites for hydroxylation is 2. The molecule has 50 heavy (non-hydrogen) atoms. The van der Waals surface area contributed by atoms with E-state index in [1.165, 1.54) is 20.7 Å². The summed E-state index contributed by atoms with van der Waals surface area (Å²) in [6.07, 6.45) is 0. The highest BCUT2D eigenvalue weighted by atomic mass is 31.2. The van der Waals surface area contributed by atoms with E-state index in [4.69, 9.17) is 0 Å². The lowest BCUT2D eigenvalue weighted by atomic mass is 10.1. The fourth-order valence-corrected chi connectivity index (χ4v) is 20.9. The summed E-state index contributed by atoms with van der Waals surface area (Å²) in [6, 6.07) is 56.8. The van der Waals surface area contributed by atoms with Crippen molar-refractivity contribution in [1.82, 2.24) is 0 Å². The zero-order valence-corrected chi connectivity index (χ0v) is 30.5. The minimum atomic E-state index is -3.46. The Morgan fingerprint density at radius 2 is 0.800 bits per heavy atom. The zero-order valence-electron chi connectivity index (χ0n) is 27.7. The number of rotatable bonds is 4. The van der Waals surface area contributed by atoms with E-state index in [-0.39, 0.29) is 0 Å². The second kappa shape index (κ2) is 10.5. The van der Waals surface area contributed by atoms with E-state index in [1.807, 2.05) is 78.9 Å². The van der Waals surface area contributed by atoms with Crippen LogP contribution in [0.3, 0.4) is 0 Å². The average Bonchev–Trinajstić information content (AvgIpc) is 3.16. The van der Waals surface area contributed by atoms with Crippen molar-refractivity contribution in [2.45, 2.75) is 13.8 Å². The molecular weight excluding hydrogens is 665 g/mol. The molecule has 0 N–H and O–H groups in total. The van der Waals surface area contributed by atoms with Crippen molar-refractivity contribution in [1.29, 1.82) is 0 Å². The van der Waals surface area contributed by atoms with Crippen LogP contribution in [-0.4, -0.2) is 8.07 Å². The van der Waals surface area contributed by atoms with Gasteiger partial charge in [0.1, 0.15) is 0 Å². The van der Waals surface area contributed by atoms with E-state index in [0.29, 0.717) is 0 Å². The van der Waals surface area contributed by atoms with Crippen molar-refractivity contribution < 1.29 is 9.13 Å². The van der Waals surface area contributed by atoms with Gasteiger partial charge < -0.3 is 14.0 Å². The van der Waals surface area contributed by atoms with Crippen molar-refractivity contribution in [3.63, 3.8) is 0 Å². The van der Waals surface area contributed by atoms with Crippen LogP contribution in [0.4, 0.5) is 17.1 Å². The smallest absolute Gasteiger partial charge is 0.184 e. The van der Waals surface area contributed by atoms with Crippen LogP contribution in [0.1, 0.15) is 11.1 Å². The van der Waals surface area contributed by atoms with Gasteiger partial charge in [0, 0.05) is 31.8 Å². The van der Waals surface area contributed by atoms with E-state index in [9.17, 15) is 0 Å². The fraction of sp³-hybridized carbons (Fsp3) is 0.0455. The molecule has 7 aromatic rings. The average molecular weight is 698 g/mol. The van der Waals surface area contributed by atoms with Gasteiger partial charge in [0.2, 0.25) is 0 Å². The zero-order chi connectivity index (χ0) is 33.8. The van der Waals surface area contributed by atoms with Gasteiger partial charge in [0.15, 0.2) is 22.4 Å². The van der Waals surface area contributed by atoms with Gasteiger partial charge >= 0.3 is 0 Å². The van der Waals surface area contributed by atoms with Crippen molar-refractivity contribution in [3.8, 4) is 0 Å². The molecule has 0 fully saturated rings. The summed E-state index contributed by atoms with van der Waals surface area (Å²) in [5, 5.41) is 9.77. The summed E-state index contributed by atoms with van der Waals surface area (Å²) in [5.74, 6) is 0. The van der Waals surface area contributed by atoms with Crippen LogP contribution in [-0.2, 0) is 9.13 Å². The first-order valence-electron chi connectivity index (χ1n) is 17.1. The molecule has 6 heteroatoms. The van der Waals surface area contributed by atoms with Crippen LogP contribution in [0.25, 0.3) is 0 Å². The molecule has 10 rings (SSSR count). The summed E-state index contributed by atoms with van der Waals surface area (Å²) in [4.78, 5) is 2.38. The molecule has 0 radical (unpaired) electrons. The summed E-state index contributed by atoms with van der Waals surface area (Å²) in [7, 11) is -10.1. The van der Waals surface area contributed by atoms with Gasteiger partial charge in [-0.05, 0) is 58.9 Å².